The Hall–Kier alpha value is -0.353. The molecule has 1 saturated heterocycles. The summed E-state index contributed by atoms with van der Waals surface area (Å²) in [5.41, 5.74) is -0.222. The first-order chi connectivity index (χ1) is 5.34. The van der Waals surface area contributed by atoms with Crippen LogP contribution in [0, 0.1) is 5.92 Å². The molecule has 1 rings (SSSR count). The Labute approximate surface area is 73.7 Å². The molecule has 0 aliphatic carbocycles. The zero-order valence-corrected chi connectivity index (χ0v) is 9.00. The third kappa shape index (κ3) is 1.54. The average Bonchev–Trinajstić information content (AvgIpc) is 2.15. The predicted octanol–water partition coefficient (Wildman–Crippen LogP) is 0.786. The molecule has 0 unspecified atom stereocenters. The highest BCUT2D eigenvalue weighted by atomic mass is 28.3. The van der Waals surface area contributed by atoms with E-state index < -0.39 is 14.2 Å². The number of cyclic esters (lactones) is 1. The highest BCUT2D eigenvalue weighted by molar-refractivity contribution is 6.77. The van der Waals surface area contributed by atoms with Crippen LogP contribution in [0.15, 0.2) is 0 Å². The van der Waals surface area contributed by atoms with Gasteiger partial charge in [0.2, 0.25) is 0 Å². The Morgan fingerprint density at radius 1 is 1.42 bits per heavy atom. The van der Waals surface area contributed by atoms with Crippen molar-refractivity contribution in [1.29, 1.82) is 0 Å². The SMILES string of the molecule is C[C@H]1C(=O)O[C@H]([Si](C)(C)C)[C@@H]1O. The highest BCUT2D eigenvalue weighted by Gasteiger charge is 2.47. The van der Waals surface area contributed by atoms with Crippen LogP contribution in [-0.2, 0) is 9.53 Å². The summed E-state index contributed by atoms with van der Waals surface area (Å²) in [4.78, 5) is 11.1. The van der Waals surface area contributed by atoms with Gasteiger partial charge in [-0.1, -0.05) is 19.6 Å². The quantitative estimate of drug-likeness (QED) is 0.489. The normalized spacial score (nSPS) is 36.8. The molecule has 0 radical (unpaired) electrons. The van der Waals surface area contributed by atoms with Crippen molar-refractivity contribution in [3.8, 4) is 0 Å². The van der Waals surface area contributed by atoms with Crippen molar-refractivity contribution in [1.82, 2.24) is 0 Å². The van der Waals surface area contributed by atoms with Crippen LogP contribution in [0.5, 0.6) is 0 Å². The Morgan fingerprint density at radius 3 is 2.08 bits per heavy atom. The van der Waals surface area contributed by atoms with Crippen molar-refractivity contribution in [3.05, 3.63) is 0 Å². The molecule has 1 aliphatic rings. The molecule has 0 bridgehead atoms. The second-order valence-electron chi connectivity index (χ2n) is 4.50. The molecule has 0 amide bonds. The Balaban J connectivity index is 2.78. The number of aliphatic hydroxyl groups excluding tert-OH is 1. The van der Waals surface area contributed by atoms with Crippen LogP contribution in [0.4, 0.5) is 0 Å². The van der Waals surface area contributed by atoms with E-state index in [1.807, 2.05) is 0 Å². The fourth-order valence-electron chi connectivity index (χ4n) is 1.39. The molecule has 1 heterocycles. The zero-order valence-electron chi connectivity index (χ0n) is 8.00. The van der Waals surface area contributed by atoms with E-state index in [1.165, 1.54) is 0 Å². The number of carbonyl (C=O) groups is 1. The van der Waals surface area contributed by atoms with Gasteiger partial charge in [0.25, 0.3) is 0 Å². The smallest absolute Gasteiger partial charge is 0.311 e. The van der Waals surface area contributed by atoms with E-state index in [2.05, 4.69) is 19.6 Å². The van der Waals surface area contributed by atoms with E-state index in [9.17, 15) is 9.90 Å². The first-order valence-electron chi connectivity index (χ1n) is 4.22. The van der Waals surface area contributed by atoms with Gasteiger partial charge in [-0.15, -0.1) is 0 Å². The average molecular weight is 188 g/mol. The molecule has 0 aromatic rings. The number of rotatable bonds is 1. The summed E-state index contributed by atoms with van der Waals surface area (Å²) in [5.74, 6) is -0.600. The monoisotopic (exact) mass is 188 g/mol. The van der Waals surface area contributed by atoms with Crippen molar-refractivity contribution in [2.24, 2.45) is 5.92 Å². The van der Waals surface area contributed by atoms with Crippen molar-refractivity contribution < 1.29 is 14.6 Å². The van der Waals surface area contributed by atoms with Crippen LogP contribution in [0.2, 0.25) is 19.6 Å². The second kappa shape index (κ2) is 2.85. The maximum absolute atomic E-state index is 11.1. The maximum Gasteiger partial charge on any atom is 0.311 e. The number of esters is 1. The van der Waals surface area contributed by atoms with Crippen LogP contribution < -0.4 is 0 Å². The van der Waals surface area contributed by atoms with Crippen LogP contribution in [0.3, 0.4) is 0 Å². The Bertz CT molecular complexity index is 197. The summed E-state index contributed by atoms with van der Waals surface area (Å²) in [6.07, 6.45) is -0.593. The molecule has 1 fully saturated rings. The van der Waals surface area contributed by atoms with Gasteiger partial charge in [-0.25, -0.2) is 0 Å². The van der Waals surface area contributed by atoms with Crippen molar-refractivity contribution >= 4 is 14.0 Å². The Kier molecular flexibility index (Phi) is 2.31. The minimum atomic E-state index is -1.56. The van der Waals surface area contributed by atoms with Crippen LogP contribution in [0.1, 0.15) is 6.92 Å². The molecule has 70 valence electrons. The van der Waals surface area contributed by atoms with Gasteiger partial charge in [0.1, 0.15) is 11.8 Å². The number of carbonyl (C=O) groups excluding carboxylic acids is 1. The minimum absolute atomic E-state index is 0.222. The first-order valence-corrected chi connectivity index (χ1v) is 7.80. The van der Waals surface area contributed by atoms with Gasteiger partial charge < -0.3 is 9.84 Å². The lowest BCUT2D eigenvalue weighted by Crippen LogP contribution is -2.45. The van der Waals surface area contributed by atoms with Crippen molar-refractivity contribution in [2.45, 2.75) is 38.4 Å². The summed E-state index contributed by atoms with van der Waals surface area (Å²) in [7, 11) is -1.56. The summed E-state index contributed by atoms with van der Waals surface area (Å²) in [6, 6.07) is 0. The molecule has 1 aliphatic heterocycles. The van der Waals surface area contributed by atoms with E-state index >= 15 is 0 Å². The second-order valence-corrected chi connectivity index (χ2v) is 9.80. The molecule has 4 heteroatoms. The molecule has 3 atom stereocenters. The lowest BCUT2D eigenvalue weighted by Gasteiger charge is -2.25. The van der Waals surface area contributed by atoms with E-state index in [-0.39, 0.29) is 17.6 Å². The largest absolute Gasteiger partial charge is 0.463 e. The standard InChI is InChI=1S/C8H16O3Si/c1-5-6(9)8(11-7(5)10)12(2,3)4/h5-6,8-9H,1-4H3/t5-,6-,8-/m1/s1. The summed E-state index contributed by atoms with van der Waals surface area (Å²) in [5, 5.41) is 9.65. The lowest BCUT2D eigenvalue weighted by atomic mass is 10.1. The summed E-state index contributed by atoms with van der Waals surface area (Å²) in [6.45, 7) is 7.98. The fraction of sp³-hybridized carbons (Fsp3) is 0.875. The van der Waals surface area contributed by atoms with E-state index in [4.69, 9.17) is 4.74 Å². The van der Waals surface area contributed by atoms with Crippen LogP contribution in [-0.4, -0.2) is 31.0 Å². The van der Waals surface area contributed by atoms with E-state index in [1.54, 1.807) is 6.92 Å². The molecular formula is C8H16O3Si. The number of hydrogen-bond donors (Lipinski definition) is 1. The third-order valence-corrected chi connectivity index (χ3v) is 4.46. The lowest BCUT2D eigenvalue weighted by molar-refractivity contribution is -0.142. The van der Waals surface area contributed by atoms with Crippen LogP contribution >= 0.6 is 0 Å². The fourth-order valence-corrected chi connectivity index (χ4v) is 3.18. The number of ether oxygens (including phenoxy) is 1. The number of aliphatic hydroxyl groups is 1. The van der Waals surface area contributed by atoms with Crippen LogP contribution in [0.25, 0.3) is 0 Å². The van der Waals surface area contributed by atoms with E-state index in [0.29, 0.717) is 0 Å². The predicted molar refractivity (Wildman–Crippen MR) is 48.4 cm³/mol. The first kappa shape index (κ1) is 9.73. The van der Waals surface area contributed by atoms with Gasteiger partial charge in [-0.2, -0.15) is 0 Å². The van der Waals surface area contributed by atoms with Gasteiger partial charge in [0.15, 0.2) is 0 Å². The molecule has 0 aromatic heterocycles. The summed E-state index contributed by atoms with van der Waals surface area (Å²) < 4.78 is 5.12. The van der Waals surface area contributed by atoms with Gasteiger partial charge in [-0.3, -0.25) is 4.79 Å². The third-order valence-electron chi connectivity index (χ3n) is 2.29. The maximum atomic E-state index is 11.1. The molecule has 12 heavy (non-hydrogen) atoms. The number of hydrogen-bond acceptors (Lipinski definition) is 3. The summed E-state index contributed by atoms with van der Waals surface area (Å²) >= 11 is 0. The Morgan fingerprint density at radius 2 is 1.92 bits per heavy atom. The molecule has 0 aromatic carbocycles. The minimum Gasteiger partial charge on any atom is -0.463 e. The molecular weight excluding hydrogens is 172 g/mol. The van der Waals surface area contributed by atoms with Gasteiger partial charge in [-0.05, 0) is 6.92 Å². The highest BCUT2D eigenvalue weighted by Crippen LogP contribution is 2.27. The van der Waals surface area contributed by atoms with Gasteiger partial charge in [0, 0.05) is 0 Å². The molecule has 1 N–H and O–H groups in total. The van der Waals surface area contributed by atoms with Crippen molar-refractivity contribution in [3.63, 3.8) is 0 Å². The molecule has 0 saturated carbocycles. The zero-order chi connectivity index (χ0) is 9.52. The van der Waals surface area contributed by atoms with Gasteiger partial charge >= 0.3 is 5.97 Å². The van der Waals surface area contributed by atoms with E-state index in [0.717, 1.165) is 0 Å². The topological polar surface area (TPSA) is 46.5 Å². The molecule has 3 nitrogen and oxygen atoms in total. The molecule has 0 spiro atoms. The van der Waals surface area contributed by atoms with Crippen molar-refractivity contribution in [2.75, 3.05) is 0 Å². The van der Waals surface area contributed by atoms with Gasteiger partial charge in [0.05, 0.1) is 14.0 Å².